The number of hydrogen-bond donors (Lipinski definition) is 1. The van der Waals surface area contributed by atoms with E-state index >= 15 is 0 Å². The minimum atomic E-state index is -3.13. The van der Waals surface area contributed by atoms with Crippen molar-refractivity contribution in [2.24, 2.45) is 0 Å². The smallest absolute Gasteiger partial charge is 0.254 e. The Hall–Kier alpha value is -1.14. The average molecular weight is 306 g/mol. The van der Waals surface area contributed by atoms with Crippen LogP contribution in [-0.4, -0.2) is 31.4 Å². The van der Waals surface area contributed by atoms with Gasteiger partial charge in [0, 0.05) is 5.02 Å². The molecule has 4 nitrogen and oxygen atoms in total. The topological polar surface area (TPSA) is 63.2 Å². The zero-order valence-electron chi connectivity index (χ0n) is 10.2. The molecule has 0 aliphatic carbocycles. The van der Waals surface area contributed by atoms with Gasteiger partial charge in [0.25, 0.3) is 5.91 Å². The van der Waals surface area contributed by atoms with Crippen molar-refractivity contribution in [1.82, 2.24) is 5.32 Å². The lowest BCUT2D eigenvalue weighted by atomic mass is 10.0. The van der Waals surface area contributed by atoms with E-state index in [1.54, 1.807) is 6.92 Å². The van der Waals surface area contributed by atoms with Crippen LogP contribution in [0.2, 0.25) is 5.02 Å². The number of carbonyl (C=O) groups excluding carboxylic acids is 1. The molecule has 1 aromatic carbocycles. The van der Waals surface area contributed by atoms with Gasteiger partial charge in [-0.1, -0.05) is 11.6 Å². The lowest BCUT2D eigenvalue weighted by Gasteiger charge is -2.24. The summed E-state index contributed by atoms with van der Waals surface area (Å²) >= 11 is 5.71. The first kappa shape index (κ1) is 14.3. The molecule has 7 heteroatoms. The maximum Gasteiger partial charge on any atom is 0.254 e. The van der Waals surface area contributed by atoms with Gasteiger partial charge in [0.2, 0.25) is 0 Å². The maximum atomic E-state index is 13.5. The van der Waals surface area contributed by atoms with E-state index in [-0.39, 0.29) is 22.1 Å². The first-order valence-electron chi connectivity index (χ1n) is 5.69. The van der Waals surface area contributed by atoms with Crippen LogP contribution in [0.3, 0.4) is 0 Å². The Morgan fingerprint density at radius 3 is 2.74 bits per heavy atom. The van der Waals surface area contributed by atoms with Gasteiger partial charge in [-0.05, 0) is 31.5 Å². The molecule has 0 spiro atoms. The Labute approximate surface area is 115 Å². The fourth-order valence-corrected chi connectivity index (χ4v) is 4.39. The summed E-state index contributed by atoms with van der Waals surface area (Å²) in [7, 11) is -3.13. The van der Waals surface area contributed by atoms with Crippen molar-refractivity contribution in [2.45, 2.75) is 18.9 Å². The fourth-order valence-electron chi connectivity index (χ4n) is 2.12. The largest absolute Gasteiger partial charge is 0.346 e. The second kappa shape index (κ2) is 4.76. The summed E-state index contributed by atoms with van der Waals surface area (Å²) in [5.41, 5.74) is -1.04. The van der Waals surface area contributed by atoms with E-state index in [4.69, 9.17) is 11.6 Å². The standard InChI is InChI=1S/C12H13ClFNO3S/c1-12(4-5-19(17,18)7-12)15-11(16)9-6-8(13)2-3-10(9)14/h2-3,6H,4-5,7H2,1H3,(H,15,16)/t12-/m0/s1. The number of halogens is 2. The van der Waals surface area contributed by atoms with E-state index in [2.05, 4.69) is 5.32 Å². The van der Waals surface area contributed by atoms with Crippen LogP contribution < -0.4 is 5.32 Å². The highest BCUT2D eigenvalue weighted by atomic mass is 35.5. The number of hydrogen-bond acceptors (Lipinski definition) is 3. The Bertz CT molecular complexity index is 632. The van der Waals surface area contributed by atoms with Crippen molar-refractivity contribution in [3.63, 3.8) is 0 Å². The van der Waals surface area contributed by atoms with Crippen molar-refractivity contribution in [3.05, 3.63) is 34.6 Å². The highest BCUT2D eigenvalue weighted by Crippen LogP contribution is 2.24. The summed E-state index contributed by atoms with van der Waals surface area (Å²) in [6.45, 7) is 1.64. The molecule has 0 saturated carbocycles. The van der Waals surface area contributed by atoms with Gasteiger partial charge < -0.3 is 5.32 Å². The lowest BCUT2D eigenvalue weighted by molar-refractivity contribution is 0.0911. The van der Waals surface area contributed by atoms with Crippen LogP contribution in [0.5, 0.6) is 0 Å². The Morgan fingerprint density at radius 1 is 1.47 bits per heavy atom. The van der Waals surface area contributed by atoms with E-state index in [0.29, 0.717) is 6.42 Å². The molecule has 2 rings (SSSR count). The van der Waals surface area contributed by atoms with Gasteiger partial charge in [-0.3, -0.25) is 4.79 Å². The maximum absolute atomic E-state index is 13.5. The van der Waals surface area contributed by atoms with Crippen molar-refractivity contribution in [3.8, 4) is 0 Å². The van der Waals surface area contributed by atoms with E-state index < -0.39 is 27.1 Å². The van der Waals surface area contributed by atoms with Gasteiger partial charge in [-0.15, -0.1) is 0 Å². The molecule has 1 amide bonds. The van der Waals surface area contributed by atoms with E-state index in [1.165, 1.54) is 12.1 Å². The molecule has 1 aliphatic heterocycles. The average Bonchev–Trinajstić information content (AvgIpc) is 2.56. The number of nitrogens with one attached hydrogen (secondary N) is 1. The van der Waals surface area contributed by atoms with Gasteiger partial charge in [0.15, 0.2) is 9.84 Å². The zero-order valence-corrected chi connectivity index (χ0v) is 11.8. The minimum absolute atomic E-state index is 0.0296. The normalized spacial score (nSPS) is 25.2. The molecule has 1 N–H and O–H groups in total. The van der Waals surface area contributed by atoms with Crippen LogP contribution in [0.1, 0.15) is 23.7 Å². The molecule has 104 valence electrons. The molecule has 0 bridgehead atoms. The van der Waals surface area contributed by atoms with Crippen molar-refractivity contribution < 1.29 is 17.6 Å². The highest BCUT2D eigenvalue weighted by molar-refractivity contribution is 7.91. The SMILES string of the molecule is C[C@]1(NC(=O)c2cc(Cl)ccc2F)CCS(=O)(=O)C1. The zero-order chi connectivity index (χ0) is 14.3. The molecule has 1 saturated heterocycles. The number of rotatable bonds is 2. The van der Waals surface area contributed by atoms with Crippen molar-refractivity contribution in [2.75, 3.05) is 11.5 Å². The Balaban J connectivity index is 2.20. The predicted molar refractivity (Wildman–Crippen MR) is 70.6 cm³/mol. The first-order chi connectivity index (χ1) is 8.71. The molecule has 1 aromatic rings. The number of carbonyl (C=O) groups is 1. The third kappa shape index (κ3) is 3.25. The molecule has 19 heavy (non-hydrogen) atoms. The van der Waals surface area contributed by atoms with Gasteiger partial charge in [0.05, 0.1) is 22.6 Å². The monoisotopic (exact) mass is 305 g/mol. The quantitative estimate of drug-likeness (QED) is 0.906. The lowest BCUT2D eigenvalue weighted by Crippen LogP contribution is -2.47. The van der Waals surface area contributed by atoms with E-state index in [1.807, 2.05) is 0 Å². The van der Waals surface area contributed by atoms with Crippen LogP contribution in [0, 0.1) is 5.82 Å². The van der Waals surface area contributed by atoms with Crippen LogP contribution in [-0.2, 0) is 9.84 Å². The van der Waals surface area contributed by atoms with Crippen LogP contribution in [0.25, 0.3) is 0 Å². The highest BCUT2D eigenvalue weighted by Gasteiger charge is 2.39. The molecule has 0 radical (unpaired) electrons. The summed E-state index contributed by atoms with van der Waals surface area (Å²) in [6.07, 6.45) is 0.323. The summed E-state index contributed by atoms with van der Waals surface area (Å²) in [6, 6.07) is 3.67. The van der Waals surface area contributed by atoms with Gasteiger partial charge in [-0.25, -0.2) is 12.8 Å². The van der Waals surface area contributed by atoms with Crippen LogP contribution >= 0.6 is 11.6 Å². The number of sulfone groups is 1. The fraction of sp³-hybridized carbons (Fsp3) is 0.417. The minimum Gasteiger partial charge on any atom is -0.346 e. The van der Waals surface area contributed by atoms with Crippen LogP contribution in [0.4, 0.5) is 4.39 Å². The van der Waals surface area contributed by atoms with E-state index in [0.717, 1.165) is 6.07 Å². The molecule has 1 fully saturated rings. The summed E-state index contributed by atoms with van der Waals surface area (Å²) in [5, 5.41) is 2.82. The molecule has 0 aromatic heterocycles. The van der Waals surface area contributed by atoms with Crippen LogP contribution in [0.15, 0.2) is 18.2 Å². The van der Waals surface area contributed by atoms with Gasteiger partial charge in [-0.2, -0.15) is 0 Å². The third-order valence-corrected chi connectivity index (χ3v) is 5.23. The third-order valence-electron chi connectivity index (χ3n) is 3.09. The Morgan fingerprint density at radius 2 is 2.16 bits per heavy atom. The van der Waals surface area contributed by atoms with Gasteiger partial charge in [0.1, 0.15) is 5.82 Å². The summed E-state index contributed by atoms with van der Waals surface area (Å²) < 4.78 is 36.4. The number of amides is 1. The number of benzene rings is 1. The molecule has 1 atom stereocenters. The van der Waals surface area contributed by atoms with Gasteiger partial charge >= 0.3 is 0 Å². The Kier molecular flexibility index (Phi) is 3.57. The summed E-state index contributed by atoms with van der Waals surface area (Å²) in [4.78, 5) is 12.0. The molecule has 1 heterocycles. The second-order valence-electron chi connectivity index (χ2n) is 4.98. The first-order valence-corrected chi connectivity index (χ1v) is 7.89. The molecule has 0 unspecified atom stereocenters. The summed E-state index contributed by atoms with van der Waals surface area (Å²) in [5.74, 6) is -1.44. The second-order valence-corrected chi connectivity index (χ2v) is 7.60. The molecular weight excluding hydrogens is 293 g/mol. The molecule has 1 aliphatic rings. The predicted octanol–water partition coefficient (Wildman–Crippen LogP) is 1.79. The van der Waals surface area contributed by atoms with Crippen molar-refractivity contribution >= 4 is 27.3 Å². The van der Waals surface area contributed by atoms with Crippen molar-refractivity contribution in [1.29, 1.82) is 0 Å². The molecular formula is C12H13ClFNO3S. The van der Waals surface area contributed by atoms with E-state index in [9.17, 15) is 17.6 Å².